The van der Waals surface area contributed by atoms with Gasteiger partial charge in [-0.05, 0) is 37.5 Å². The van der Waals surface area contributed by atoms with Gasteiger partial charge in [0.15, 0.2) is 0 Å². The molecule has 0 bridgehead atoms. The summed E-state index contributed by atoms with van der Waals surface area (Å²) in [5.74, 6) is 1.01. The fraction of sp³-hybridized carbons (Fsp3) is 0.944. The van der Waals surface area contributed by atoms with Crippen LogP contribution in [-0.2, 0) is 4.79 Å². The SMILES string of the molecule is CCCCC1NC(C2CCCC2)N(C(C)C(C)(C)C)C1=O. The fourth-order valence-electron chi connectivity index (χ4n) is 3.78. The molecule has 0 aromatic carbocycles. The molecule has 0 aromatic rings. The van der Waals surface area contributed by atoms with E-state index >= 15 is 0 Å². The van der Waals surface area contributed by atoms with Gasteiger partial charge in [-0.15, -0.1) is 0 Å². The normalized spacial score (nSPS) is 29.4. The van der Waals surface area contributed by atoms with Crippen molar-refractivity contribution in [2.45, 2.75) is 97.8 Å². The summed E-state index contributed by atoms with van der Waals surface area (Å²) in [5.41, 5.74) is 0.133. The van der Waals surface area contributed by atoms with E-state index in [1.807, 2.05) is 0 Å². The van der Waals surface area contributed by atoms with Crippen molar-refractivity contribution in [3.63, 3.8) is 0 Å². The highest BCUT2D eigenvalue weighted by Crippen LogP contribution is 2.36. The first-order chi connectivity index (χ1) is 9.86. The molecule has 122 valence electrons. The third kappa shape index (κ3) is 3.61. The predicted molar refractivity (Wildman–Crippen MR) is 88.0 cm³/mol. The van der Waals surface area contributed by atoms with Crippen LogP contribution in [0.15, 0.2) is 0 Å². The van der Waals surface area contributed by atoms with Gasteiger partial charge in [-0.25, -0.2) is 0 Å². The lowest BCUT2D eigenvalue weighted by molar-refractivity contribution is -0.135. The smallest absolute Gasteiger partial charge is 0.241 e. The van der Waals surface area contributed by atoms with Crippen LogP contribution < -0.4 is 5.32 Å². The van der Waals surface area contributed by atoms with Crippen LogP contribution in [0.5, 0.6) is 0 Å². The van der Waals surface area contributed by atoms with Gasteiger partial charge >= 0.3 is 0 Å². The zero-order valence-corrected chi connectivity index (χ0v) is 14.6. The van der Waals surface area contributed by atoms with E-state index in [9.17, 15) is 4.79 Å². The molecule has 1 aliphatic heterocycles. The number of carbonyl (C=O) groups is 1. The van der Waals surface area contributed by atoms with Crippen molar-refractivity contribution in [1.29, 1.82) is 0 Å². The molecule has 0 radical (unpaired) electrons. The maximum absolute atomic E-state index is 12.9. The molecule has 3 unspecified atom stereocenters. The summed E-state index contributed by atoms with van der Waals surface area (Å²) in [6.07, 6.45) is 8.77. The van der Waals surface area contributed by atoms with Crippen molar-refractivity contribution in [3.8, 4) is 0 Å². The number of hydrogen-bond acceptors (Lipinski definition) is 2. The molecule has 3 heteroatoms. The van der Waals surface area contributed by atoms with Crippen molar-refractivity contribution in [2.24, 2.45) is 11.3 Å². The average molecular weight is 294 g/mol. The lowest BCUT2D eigenvalue weighted by atomic mass is 9.86. The van der Waals surface area contributed by atoms with Gasteiger partial charge in [-0.3, -0.25) is 10.1 Å². The van der Waals surface area contributed by atoms with E-state index in [1.165, 1.54) is 25.7 Å². The highest BCUT2D eigenvalue weighted by molar-refractivity contribution is 5.84. The van der Waals surface area contributed by atoms with Crippen molar-refractivity contribution < 1.29 is 4.79 Å². The van der Waals surface area contributed by atoms with Crippen LogP contribution in [0.3, 0.4) is 0 Å². The molecule has 21 heavy (non-hydrogen) atoms. The van der Waals surface area contributed by atoms with E-state index in [4.69, 9.17) is 0 Å². The van der Waals surface area contributed by atoms with E-state index in [1.54, 1.807) is 0 Å². The first-order valence-corrected chi connectivity index (χ1v) is 8.94. The molecular weight excluding hydrogens is 260 g/mol. The summed E-state index contributed by atoms with van der Waals surface area (Å²) >= 11 is 0. The van der Waals surface area contributed by atoms with Crippen molar-refractivity contribution >= 4 is 5.91 Å². The van der Waals surface area contributed by atoms with Crippen molar-refractivity contribution in [3.05, 3.63) is 0 Å². The molecule has 1 saturated carbocycles. The summed E-state index contributed by atoms with van der Waals surface area (Å²) in [5, 5.41) is 3.70. The van der Waals surface area contributed by atoms with Gasteiger partial charge in [0, 0.05) is 6.04 Å². The molecule has 3 atom stereocenters. The van der Waals surface area contributed by atoms with E-state index in [0.29, 0.717) is 11.8 Å². The molecule has 1 aliphatic carbocycles. The molecule has 3 nitrogen and oxygen atoms in total. The molecule has 1 amide bonds. The Labute approximate surface area is 130 Å². The zero-order valence-electron chi connectivity index (χ0n) is 14.6. The number of nitrogens with zero attached hydrogens (tertiary/aromatic N) is 1. The first kappa shape index (κ1) is 16.8. The molecule has 1 saturated heterocycles. The fourth-order valence-corrected chi connectivity index (χ4v) is 3.78. The van der Waals surface area contributed by atoms with Crippen LogP contribution in [0.1, 0.15) is 79.6 Å². The molecule has 0 aromatic heterocycles. The number of carbonyl (C=O) groups excluding carboxylic acids is 1. The second-order valence-electron chi connectivity index (χ2n) is 8.14. The number of rotatable bonds is 5. The van der Waals surface area contributed by atoms with E-state index in [-0.39, 0.29) is 23.7 Å². The Kier molecular flexibility index (Phi) is 5.34. The van der Waals surface area contributed by atoms with Gasteiger partial charge < -0.3 is 4.90 Å². The monoisotopic (exact) mass is 294 g/mol. The minimum atomic E-state index is 0.0559. The zero-order chi connectivity index (χ0) is 15.6. The summed E-state index contributed by atoms with van der Waals surface area (Å²) in [6, 6.07) is 0.343. The predicted octanol–water partition coefficient (Wildman–Crippen LogP) is 3.93. The maximum atomic E-state index is 12.9. The summed E-state index contributed by atoms with van der Waals surface area (Å²) in [7, 11) is 0. The maximum Gasteiger partial charge on any atom is 0.241 e. The molecule has 1 heterocycles. The quantitative estimate of drug-likeness (QED) is 0.833. The Balaban J connectivity index is 2.16. The Morgan fingerprint density at radius 1 is 1.29 bits per heavy atom. The molecule has 2 aliphatic rings. The molecular formula is C18H34N2O. The van der Waals surface area contributed by atoms with E-state index < -0.39 is 0 Å². The molecule has 1 N–H and O–H groups in total. The summed E-state index contributed by atoms with van der Waals surface area (Å²) in [6.45, 7) is 11.2. The largest absolute Gasteiger partial charge is 0.322 e. The van der Waals surface area contributed by atoms with Crippen molar-refractivity contribution in [2.75, 3.05) is 0 Å². The van der Waals surface area contributed by atoms with Gasteiger partial charge in [0.1, 0.15) is 0 Å². The lowest BCUT2D eigenvalue weighted by Crippen LogP contribution is -2.51. The summed E-state index contributed by atoms with van der Waals surface area (Å²) in [4.78, 5) is 15.1. The van der Waals surface area contributed by atoms with Gasteiger partial charge in [0.25, 0.3) is 0 Å². The number of nitrogens with one attached hydrogen (secondary N) is 1. The van der Waals surface area contributed by atoms with Gasteiger partial charge in [0.05, 0.1) is 12.2 Å². The highest BCUT2D eigenvalue weighted by Gasteiger charge is 2.46. The number of unbranched alkanes of at least 4 members (excludes halogenated alkanes) is 1. The third-order valence-corrected chi connectivity index (χ3v) is 5.59. The van der Waals surface area contributed by atoms with Crippen LogP contribution in [0.25, 0.3) is 0 Å². The highest BCUT2D eigenvalue weighted by atomic mass is 16.2. The lowest BCUT2D eigenvalue weighted by Gasteiger charge is -2.40. The summed E-state index contributed by atoms with van der Waals surface area (Å²) < 4.78 is 0. The average Bonchev–Trinajstić information content (AvgIpc) is 3.02. The van der Waals surface area contributed by atoms with Gasteiger partial charge in [-0.2, -0.15) is 0 Å². The van der Waals surface area contributed by atoms with Crippen LogP contribution in [0.4, 0.5) is 0 Å². The van der Waals surface area contributed by atoms with Gasteiger partial charge in [0.2, 0.25) is 5.91 Å². The van der Waals surface area contributed by atoms with Gasteiger partial charge in [-0.1, -0.05) is 53.4 Å². The molecule has 2 fully saturated rings. The van der Waals surface area contributed by atoms with Crippen LogP contribution in [0, 0.1) is 11.3 Å². The minimum absolute atomic E-state index is 0.0559. The Morgan fingerprint density at radius 2 is 1.90 bits per heavy atom. The molecule has 2 rings (SSSR count). The van der Waals surface area contributed by atoms with Crippen LogP contribution in [0.2, 0.25) is 0 Å². The second kappa shape index (κ2) is 6.68. The number of hydrogen-bond donors (Lipinski definition) is 1. The Bertz CT molecular complexity index is 355. The topological polar surface area (TPSA) is 32.3 Å². The molecule has 0 spiro atoms. The van der Waals surface area contributed by atoms with Crippen LogP contribution in [-0.4, -0.2) is 29.1 Å². The third-order valence-electron chi connectivity index (χ3n) is 5.59. The minimum Gasteiger partial charge on any atom is -0.322 e. The first-order valence-electron chi connectivity index (χ1n) is 8.94. The number of amides is 1. The standard InChI is InChI=1S/C18H34N2O/c1-6-7-12-15-17(21)20(13(2)18(3,4)5)16(19-15)14-10-8-9-11-14/h13-16,19H,6-12H2,1-5H3. The van der Waals surface area contributed by atoms with Crippen molar-refractivity contribution in [1.82, 2.24) is 10.2 Å². The van der Waals surface area contributed by atoms with E-state index in [0.717, 1.165) is 19.3 Å². The van der Waals surface area contributed by atoms with Crippen LogP contribution >= 0.6 is 0 Å². The Hall–Kier alpha value is -0.570. The second-order valence-corrected chi connectivity index (χ2v) is 8.14. The van der Waals surface area contributed by atoms with E-state index in [2.05, 4.69) is 44.8 Å². The Morgan fingerprint density at radius 3 is 2.43 bits per heavy atom.